The third-order valence-electron chi connectivity index (χ3n) is 6.14. The number of amides is 1. The van der Waals surface area contributed by atoms with Crippen molar-refractivity contribution in [3.8, 4) is 23.5 Å². The van der Waals surface area contributed by atoms with Crippen LogP contribution in [-0.2, 0) is 9.47 Å². The Morgan fingerprint density at radius 1 is 1.00 bits per heavy atom. The lowest BCUT2D eigenvalue weighted by Crippen LogP contribution is -2.30. The van der Waals surface area contributed by atoms with E-state index in [9.17, 15) is 9.59 Å². The number of terminal acetylenes is 1. The molecule has 1 aliphatic rings. The number of anilines is 1. The van der Waals surface area contributed by atoms with E-state index in [0.29, 0.717) is 22.4 Å². The van der Waals surface area contributed by atoms with Crippen LogP contribution in [0.1, 0.15) is 59.3 Å². The molecular formula is C30H29NO4. The molecule has 0 aromatic heterocycles. The summed E-state index contributed by atoms with van der Waals surface area (Å²) in [5, 5.41) is 0. The maximum Gasteiger partial charge on any atom is 0.414 e. The summed E-state index contributed by atoms with van der Waals surface area (Å²) in [6.45, 7) is 7.37. The van der Waals surface area contributed by atoms with Crippen molar-refractivity contribution in [3.05, 3.63) is 88.5 Å². The van der Waals surface area contributed by atoms with E-state index < -0.39 is 17.7 Å². The second-order valence-corrected chi connectivity index (χ2v) is 9.68. The lowest BCUT2D eigenvalue weighted by atomic mass is 9.98. The highest BCUT2D eigenvalue weighted by molar-refractivity contribution is 5.96. The van der Waals surface area contributed by atoms with Crippen molar-refractivity contribution in [2.75, 3.05) is 18.6 Å². The largest absolute Gasteiger partial charge is 0.456 e. The second kappa shape index (κ2) is 9.31. The Morgan fingerprint density at radius 2 is 1.57 bits per heavy atom. The van der Waals surface area contributed by atoms with Crippen molar-refractivity contribution in [2.45, 2.75) is 39.2 Å². The van der Waals surface area contributed by atoms with E-state index in [2.05, 4.69) is 30.2 Å². The summed E-state index contributed by atoms with van der Waals surface area (Å²) in [4.78, 5) is 27.3. The third kappa shape index (κ3) is 4.79. The minimum absolute atomic E-state index is 0.0461. The van der Waals surface area contributed by atoms with E-state index in [1.165, 1.54) is 4.90 Å². The van der Waals surface area contributed by atoms with Gasteiger partial charge in [-0.2, -0.15) is 0 Å². The molecule has 1 amide bonds. The van der Waals surface area contributed by atoms with Crippen LogP contribution in [0.25, 0.3) is 11.1 Å². The Balaban J connectivity index is 1.58. The van der Waals surface area contributed by atoms with Crippen molar-refractivity contribution in [3.63, 3.8) is 0 Å². The molecule has 0 unspecified atom stereocenters. The lowest BCUT2D eigenvalue weighted by molar-refractivity contribution is 0.00686. The van der Waals surface area contributed by atoms with Crippen LogP contribution < -0.4 is 4.90 Å². The van der Waals surface area contributed by atoms with Crippen LogP contribution >= 0.6 is 0 Å². The van der Waals surface area contributed by atoms with E-state index in [0.717, 1.165) is 22.3 Å². The maximum atomic E-state index is 13.1. The van der Waals surface area contributed by atoms with E-state index in [-0.39, 0.29) is 12.5 Å². The number of esters is 1. The monoisotopic (exact) mass is 467 g/mol. The van der Waals surface area contributed by atoms with Gasteiger partial charge in [-0.15, -0.1) is 6.42 Å². The number of hydrogen-bond acceptors (Lipinski definition) is 4. The fraction of sp³-hybridized carbons (Fsp3) is 0.267. The van der Waals surface area contributed by atoms with Gasteiger partial charge in [0.05, 0.1) is 11.3 Å². The fourth-order valence-corrected chi connectivity index (χ4v) is 4.46. The SMILES string of the molecule is C#Cc1cc(C(=O)OC(C)(C)C)c(C)c(N(C)C(=O)OCC2c3ccccc3-c3ccccc32)c1. The van der Waals surface area contributed by atoms with Gasteiger partial charge in [-0.05, 0) is 67.6 Å². The van der Waals surface area contributed by atoms with Gasteiger partial charge < -0.3 is 9.47 Å². The number of ether oxygens (including phenoxy) is 2. The summed E-state index contributed by atoms with van der Waals surface area (Å²) in [5.74, 6) is 2.02. The van der Waals surface area contributed by atoms with E-state index in [1.807, 2.05) is 24.3 Å². The van der Waals surface area contributed by atoms with Gasteiger partial charge >= 0.3 is 12.1 Å². The molecule has 0 saturated heterocycles. The van der Waals surface area contributed by atoms with E-state index in [4.69, 9.17) is 15.9 Å². The average molecular weight is 468 g/mol. The summed E-state index contributed by atoms with van der Waals surface area (Å²) < 4.78 is 11.3. The number of rotatable bonds is 4. The van der Waals surface area contributed by atoms with Crippen molar-refractivity contribution in [1.82, 2.24) is 0 Å². The molecule has 0 radical (unpaired) electrons. The van der Waals surface area contributed by atoms with Crippen molar-refractivity contribution in [2.24, 2.45) is 0 Å². The summed E-state index contributed by atoms with van der Waals surface area (Å²) in [7, 11) is 1.61. The summed E-state index contributed by atoms with van der Waals surface area (Å²) in [6.07, 6.45) is 5.11. The van der Waals surface area contributed by atoms with Gasteiger partial charge in [-0.25, -0.2) is 9.59 Å². The highest BCUT2D eigenvalue weighted by atomic mass is 16.6. The Labute approximate surface area is 206 Å². The Kier molecular flexibility index (Phi) is 6.41. The third-order valence-corrected chi connectivity index (χ3v) is 6.14. The molecule has 1 aliphatic carbocycles. The van der Waals surface area contributed by atoms with Crippen LogP contribution in [-0.4, -0.2) is 31.3 Å². The molecule has 0 fully saturated rings. The van der Waals surface area contributed by atoms with Gasteiger partial charge in [0.1, 0.15) is 12.2 Å². The predicted octanol–water partition coefficient (Wildman–Crippen LogP) is 6.32. The predicted molar refractivity (Wildman–Crippen MR) is 138 cm³/mol. The van der Waals surface area contributed by atoms with Gasteiger partial charge in [0.15, 0.2) is 0 Å². The molecule has 0 heterocycles. The summed E-state index contributed by atoms with van der Waals surface area (Å²) in [5.41, 5.74) is 5.84. The molecule has 0 N–H and O–H groups in total. The first kappa shape index (κ1) is 24.1. The minimum atomic E-state index is -0.658. The van der Waals surface area contributed by atoms with E-state index >= 15 is 0 Å². The molecule has 0 bridgehead atoms. The smallest absolute Gasteiger partial charge is 0.414 e. The number of carbonyl (C=O) groups is 2. The van der Waals surface area contributed by atoms with Crippen LogP contribution in [0.3, 0.4) is 0 Å². The molecule has 3 aromatic rings. The number of hydrogen-bond donors (Lipinski definition) is 0. The summed E-state index contributed by atoms with van der Waals surface area (Å²) in [6, 6.07) is 19.7. The highest BCUT2D eigenvalue weighted by Crippen LogP contribution is 2.44. The second-order valence-electron chi connectivity index (χ2n) is 9.68. The maximum absolute atomic E-state index is 13.1. The van der Waals surface area contributed by atoms with Crippen LogP contribution in [0, 0.1) is 19.3 Å². The van der Waals surface area contributed by atoms with Crippen LogP contribution in [0.15, 0.2) is 60.7 Å². The molecule has 0 atom stereocenters. The zero-order chi connectivity index (χ0) is 25.3. The minimum Gasteiger partial charge on any atom is -0.456 e. The average Bonchev–Trinajstić information content (AvgIpc) is 3.15. The van der Waals surface area contributed by atoms with Crippen LogP contribution in [0.4, 0.5) is 10.5 Å². The summed E-state index contributed by atoms with van der Waals surface area (Å²) >= 11 is 0. The Bertz CT molecular complexity index is 1300. The number of fused-ring (bicyclic) bond motifs is 3. The number of benzene rings is 3. The quantitative estimate of drug-likeness (QED) is 0.333. The van der Waals surface area contributed by atoms with Crippen molar-refractivity contribution in [1.29, 1.82) is 0 Å². The Morgan fingerprint density at radius 3 is 2.11 bits per heavy atom. The molecule has 178 valence electrons. The zero-order valence-electron chi connectivity index (χ0n) is 20.7. The normalized spacial score (nSPS) is 12.3. The van der Waals surface area contributed by atoms with Gasteiger partial charge in [-0.1, -0.05) is 54.5 Å². The van der Waals surface area contributed by atoms with Gasteiger partial charge in [-0.3, -0.25) is 4.90 Å². The van der Waals surface area contributed by atoms with Crippen molar-refractivity contribution < 1.29 is 19.1 Å². The molecule has 3 aromatic carbocycles. The molecule has 5 nitrogen and oxygen atoms in total. The molecule has 5 heteroatoms. The molecule has 0 spiro atoms. The number of carbonyl (C=O) groups excluding carboxylic acids is 2. The van der Waals surface area contributed by atoms with Crippen molar-refractivity contribution >= 4 is 17.7 Å². The lowest BCUT2D eigenvalue weighted by Gasteiger charge is -2.24. The molecular weight excluding hydrogens is 438 g/mol. The Hall–Kier alpha value is -4.04. The van der Waals surface area contributed by atoms with Crippen LogP contribution in [0.5, 0.6) is 0 Å². The van der Waals surface area contributed by atoms with Crippen LogP contribution in [0.2, 0.25) is 0 Å². The topological polar surface area (TPSA) is 55.8 Å². The molecule has 4 rings (SSSR count). The first-order valence-electron chi connectivity index (χ1n) is 11.5. The first-order valence-corrected chi connectivity index (χ1v) is 11.5. The van der Waals surface area contributed by atoms with Gasteiger partial charge in [0.2, 0.25) is 0 Å². The molecule has 35 heavy (non-hydrogen) atoms. The fourth-order valence-electron chi connectivity index (χ4n) is 4.46. The van der Waals surface area contributed by atoms with Gasteiger partial charge in [0, 0.05) is 18.5 Å². The standard InChI is InChI=1S/C30H29NO4/c1-7-20-16-25(28(32)35-30(3,4)5)19(2)27(17-20)31(6)29(33)34-18-26-23-14-10-8-12-21(23)22-13-9-11-15-24(22)26/h1,8-17,26H,18H2,2-6H3. The van der Waals surface area contributed by atoms with E-state index in [1.54, 1.807) is 46.9 Å². The zero-order valence-corrected chi connectivity index (χ0v) is 20.7. The van der Waals surface area contributed by atoms with Gasteiger partial charge in [0.25, 0.3) is 0 Å². The first-order chi connectivity index (χ1) is 16.6. The number of nitrogens with zero attached hydrogens (tertiary/aromatic N) is 1. The molecule has 0 aliphatic heterocycles. The molecule has 0 saturated carbocycles. The highest BCUT2D eigenvalue weighted by Gasteiger charge is 2.30.